The van der Waals surface area contributed by atoms with E-state index in [0.717, 1.165) is 12.8 Å². The first kappa shape index (κ1) is 24.0. The van der Waals surface area contributed by atoms with Crippen LogP contribution in [0.2, 0.25) is 0 Å². The molecule has 1 aromatic heterocycles. The average molecular weight is 480 g/mol. The first-order chi connectivity index (χ1) is 16.9. The van der Waals surface area contributed by atoms with E-state index in [1.165, 1.54) is 29.2 Å². The summed E-state index contributed by atoms with van der Waals surface area (Å²) in [5, 5.41) is 2.79. The summed E-state index contributed by atoms with van der Waals surface area (Å²) in [6, 6.07) is 13.3. The summed E-state index contributed by atoms with van der Waals surface area (Å²) >= 11 is 0. The van der Waals surface area contributed by atoms with E-state index in [-0.39, 0.29) is 43.1 Å². The van der Waals surface area contributed by atoms with Gasteiger partial charge in [-0.2, -0.15) is 0 Å². The lowest BCUT2D eigenvalue weighted by atomic mass is 10.1. The molecule has 0 unspecified atom stereocenters. The fourth-order valence-corrected chi connectivity index (χ4v) is 3.52. The van der Waals surface area contributed by atoms with E-state index >= 15 is 0 Å². The molecular weight excluding hydrogens is 455 g/mol. The Labute approximate surface area is 201 Å². The number of benzene rings is 2. The standard InChI is InChI=1S/C26H25FN2O6/c1-2-3-12-28-26(32)24-11-9-20(35-24)14-29-21-13-17(4-10-23(21)34-16-25(29)31)22(30)15-33-19-7-5-18(27)6-8-19/h4-11,13H,2-3,12,14-16H2,1H3,(H,28,32). The zero-order valence-electron chi connectivity index (χ0n) is 19.2. The lowest BCUT2D eigenvalue weighted by molar-refractivity contribution is -0.121. The molecule has 3 aromatic rings. The fraction of sp³-hybridized carbons (Fsp3) is 0.269. The molecule has 9 heteroatoms. The lowest BCUT2D eigenvalue weighted by Crippen LogP contribution is -2.38. The van der Waals surface area contributed by atoms with Crippen LogP contribution in [0, 0.1) is 5.82 Å². The Balaban J connectivity index is 1.46. The molecule has 0 saturated heterocycles. The second-order valence-corrected chi connectivity index (χ2v) is 7.99. The van der Waals surface area contributed by atoms with Gasteiger partial charge in [0.25, 0.3) is 11.8 Å². The number of hydrogen-bond acceptors (Lipinski definition) is 6. The van der Waals surface area contributed by atoms with Crippen LogP contribution in [0.15, 0.2) is 59.0 Å². The van der Waals surface area contributed by atoms with Gasteiger partial charge in [-0.3, -0.25) is 19.3 Å². The molecule has 4 rings (SSSR count). The van der Waals surface area contributed by atoms with E-state index in [2.05, 4.69) is 5.32 Å². The van der Waals surface area contributed by atoms with Crippen LogP contribution >= 0.6 is 0 Å². The third-order valence-corrected chi connectivity index (χ3v) is 5.42. The SMILES string of the molecule is CCCCNC(=O)c1ccc(CN2C(=O)COc3ccc(C(=O)COc4ccc(F)cc4)cc32)o1. The van der Waals surface area contributed by atoms with Gasteiger partial charge >= 0.3 is 0 Å². The van der Waals surface area contributed by atoms with Crippen LogP contribution in [-0.2, 0) is 11.3 Å². The van der Waals surface area contributed by atoms with E-state index in [4.69, 9.17) is 13.9 Å². The summed E-state index contributed by atoms with van der Waals surface area (Å²) in [4.78, 5) is 39.0. The molecule has 8 nitrogen and oxygen atoms in total. The number of amides is 2. The molecule has 0 atom stereocenters. The predicted molar refractivity (Wildman–Crippen MR) is 125 cm³/mol. The normalized spacial score (nSPS) is 12.6. The van der Waals surface area contributed by atoms with Crippen LogP contribution in [0.25, 0.3) is 0 Å². The largest absolute Gasteiger partial charge is 0.485 e. The van der Waals surface area contributed by atoms with Gasteiger partial charge in [0, 0.05) is 12.1 Å². The Kier molecular flexibility index (Phi) is 7.45. The van der Waals surface area contributed by atoms with Crippen LogP contribution in [0.3, 0.4) is 0 Å². The summed E-state index contributed by atoms with van der Waals surface area (Å²) in [6.07, 6.45) is 1.83. The van der Waals surface area contributed by atoms with Crippen molar-refractivity contribution in [2.45, 2.75) is 26.3 Å². The summed E-state index contributed by atoms with van der Waals surface area (Å²) in [6.45, 7) is 2.25. The minimum absolute atomic E-state index is 0.0706. The van der Waals surface area contributed by atoms with Crippen molar-refractivity contribution in [3.63, 3.8) is 0 Å². The molecule has 2 aromatic carbocycles. The van der Waals surface area contributed by atoms with Crippen molar-refractivity contribution in [2.75, 3.05) is 24.7 Å². The highest BCUT2D eigenvalue weighted by atomic mass is 19.1. The van der Waals surface area contributed by atoms with Crippen LogP contribution < -0.4 is 19.7 Å². The number of hydrogen-bond donors (Lipinski definition) is 1. The molecule has 182 valence electrons. The fourth-order valence-electron chi connectivity index (χ4n) is 3.52. The van der Waals surface area contributed by atoms with Crippen molar-refractivity contribution < 1.29 is 32.7 Å². The molecule has 35 heavy (non-hydrogen) atoms. The van der Waals surface area contributed by atoms with Crippen LogP contribution in [0.5, 0.6) is 11.5 Å². The predicted octanol–water partition coefficient (Wildman–Crippen LogP) is 4.14. The zero-order valence-corrected chi connectivity index (χ0v) is 19.2. The van der Waals surface area contributed by atoms with Gasteiger partial charge < -0.3 is 19.2 Å². The monoisotopic (exact) mass is 480 g/mol. The number of halogens is 1. The van der Waals surface area contributed by atoms with Crippen molar-refractivity contribution in [1.82, 2.24) is 5.32 Å². The van der Waals surface area contributed by atoms with Gasteiger partial charge in [0.1, 0.15) is 23.1 Å². The number of fused-ring (bicyclic) bond motifs is 1. The van der Waals surface area contributed by atoms with Crippen molar-refractivity contribution >= 4 is 23.3 Å². The van der Waals surface area contributed by atoms with Gasteiger partial charge in [-0.15, -0.1) is 0 Å². The zero-order chi connectivity index (χ0) is 24.8. The number of unbranched alkanes of at least 4 members (excludes halogenated alkanes) is 1. The Bertz CT molecular complexity index is 1220. The Hall–Kier alpha value is -4.14. The van der Waals surface area contributed by atoms with Crippen LogP contribution in [-0.4, -0.2) is 37.4 Å². The molecule has 1 N–H and O–H groups in total. The molecule has 1 aliphatic heterocycles. The van der Waals surface area contributed by atoms with E-state index < -0.39 is 5.82 Å². The van der Waals surface area contributed by atoms with Gasteiger partial charge in [-0.1, -0.05) is 13.3 Å². The lowest BCUT2D eigenvalue weighted by Gasteiger charge is -2.29. The minimum Gasteiger partial charge on any atom is -0.485 e. The highest BCUT2D eigenvalue weighted by Gasteiger charge is 2.28. The van der Waals surface area contributed by atoms with Gasteiger partial charge in [0.2, 0.25) is 0 Å². The molecule has 2 heterocycles. The summed E-state index contributed by atoms with van der Waals surface area (Å²) < 4.78 is 29.7. The third-order valence-electron chi connectivity index (χ3n) is 5.42. The smallest absolute Gasteiger partial charge is 0.286 e. The first-order valence-electron chi connectivity index (χ1n) is 11.3. The van der Waals surface area contributed by atoms with E-state index in [1.54, 1.807) is 30.3 Å². The molecule has 0 spiro atoms. The molecule has 0 radical (unpaired) electrons. The number of furan rings is 1. The third kappa shape index (κ3) is 5.87. The summed E-state index contributed by atoms with van der Waals surface area (Å²) in [5.74, 6) is 0.0579. The van der Waals surface area contributed by atoms with Crippen molar-refractivity contribution in [1.29, 1.82) is 0 Å². The van der Waals surface area contributed by atoms with Crippen molar-refractivity contribution in [3.05, 3.63) is 77.5 Å². The number of ketones is 1. The highest BCUT2D eigenvalue weighted by molar-refractivity contribution is 6.02. The summed E-state index contributed by atoms with van der Waals surface area (Å²) in [5.41, 5.74) is 0.740. The van der Waals surface area contributed by atoms with Crippen molar-refractivity contribution in [3.8, 4) is 11.5 Å². The maximum absolute atomic E-state index is 13.0. The Morgan fingerprint density at radius 1 is 1.11 bits per heavy atom. The highest BCUT2D eigenvalue weighted by Crippen LogP contribution is 2.34. The number of anilines is 1. The quantitative estimate of drug-likeness (QED) is 0.346. The summed E-state index contributed by atoms with van der Waals surface area (Å²) in [7, 11) is 0. The van der Waals surface area contributed by atoms with Crippen LogP contribution in [0.4, 0.5) is 10.1 Å². The minimum atomic E-state index is -0.399. The molecule has 0 aliphatic carbocycles. The molecular formula is C26H25FN2O6. The topological polar surface area (TPSA) is 98.1 Å². The molecule has 1 aliphatic rings. The van der Waals surface area contributed by atoms with Gasteiger partial charge in [-0.25, -0.2) is 4.39 Å². The number of ether oxygens (including phenoxy) is 2. The Morgan fingerprint density at radius 3 is 2.69 bits per heavy atom. The number of rotatable bonds is 10. The molecule has 2 amide bonds. The maximum Gasteiger partial charge on any atom is 0.286 e. The number of carbonyl (C=O) groups excluding carboxylic acids is 3. The van der Waals surface area contributed by atoms with E-state index in [0.29, 0.717) is 35.1 Å². The van der Waals surface area contributed by atoms with Crippen LogP contribution in [0.1, 0.15) is 46.4 Å². The van der Waals surface area contributed by atoms with E-state index in [9.17, 15) is 18.8 Å². The number of carbonyl (C=O) groups is 3. The Morgan fingerprint density at radius 2 is 1.91 bits per heavy atom. The van der Waals surface area contributed by atoms with Gasteiger partial charge in [-0.05, 0) is 61.0 Å². The number of Topliss-reactive ketones (excluding diaryl/α,β-unsaturated/α-hetero) is 1. The van der Waals surface area contributed by atoms with Crippen molar-refractivity contribution in [2.24, 2.45) is 0 Å². The average Bonchev–Trinajstić information content (AvgIpc) is 3.34. The molecule has 0 saturated carbocycles. The maximum atomic E-state index is 13.0. The second-order valence-electron chi connectivity index (χ2n) is 7.99. The van der Waals surface area contributed by atoms with Gasteiger partial charge in [0.15, 0.2) is 24.8 Å². The molecule has 0 bridgehead atoms. The first-order valence-corrected chi connectivity index (χ1v) is 11.3. The van der Waals surface area contributed by atoms with Gasteiger partial charge in [0.05, 0.1) is 12.2 Å². The number of nitrogens with zero attached hydrogens (tertiary/aromatic N) is 1. The molecule has 0 fully saturated rings. The second kappa shape index (κ2) is 10.9. The van der Waals surface area contributed by atoms with E-state index in [1.807, 2.05) is 6.92 Å². The number of nitrogens with one attached hydrogen (secondary N) is 1.